The van der Waals surface area contributed by atoms with Crippen LogP contribution in [-0.2, 0) is 14.8 Å². The molecule has 26 heavy (non-hydrogen) atoms. The fourth-order valence-electron chi connectivity index (χ4n) is 2.77. The molecule has 0 spiro atoms. The topological polar surface area (TPSA) is 75.3 Å². The van der Waals surface area contributed by atoms with Crippen LogP contribution in [-0.4, -0.2) is 20.4 Å². The molecule has 8 heteroatoms. The Morgan fingerprint density at radius 1 is 1.04 bits per heavy atom. The molecule has 0 aliphatic rings. The van der Waals surface area contributed by atoms with Gasteiger partial charge in [-0.05, 0) is 57.0 Å². The van der Waals surface area contributed by atoms with Crippen molar-refractivity contribution < 1.29 is 13.2 Å². The molecule has 0 saturated carbocycles. The fourth-order valence-corrected chi connectivity index (χ4v) is 4.88. The van der Waals surface area contributed by atoms with E-state index in [2.05, 4.69) is 10.0 Å². The predicted octanol–water partition coefficient (Wildman–Crippen LogP) is 4.22. The molecule has 140 valence electrons. The number of aryl methyl sites for hydroxylation is 3. The number of halogens is 2. The molecule has 1 unspecified atom stereocenters. The molecule has 1 amide bonds. The van der Waals surface area contributed by atoms with Crippen LogP contribution in [0.3, 0.4) is 0 Å². The Hall–Kier alpha value is -1.60. The third kappa shape index (κ3) is 4.76. The molecule has 0 bridgehead atoms. The van der Waals surface area contributed by atoms with Gasteiger partial charge in [-0.3, -0.25) is 4.79 Å². The van der Waals surface area contributed by atoms with Gasteiger partial charge in [-0.1, -0.05) is 40.9 Å². The fraction of sp³-hybridized carbons (Fsp3) is 0.278. The first-order chi connectivity index (χ1) is 12.0. The van der Waals surface area contributed by atoms with Crippen molar-refractivity contribution in [3.63, 3.8) is 0 Å². The number of anilines is 1. The largest absolute Gasteiger partial charge is 0.323 e. The highest BCUT2D eigenvalue weighted by Crippen LogP contribution is 2.26. The molecule has 0 heterocycles. The Labute approximate surface area is 163 Å². The Morgan fingerprint density at radius 3 is 2.15 bits per heavy atom. The Morgan fingerprint density at radius 2 is 1.62 bits per heavy atom. The van der Waals surface area contributed by atoms with Gasteiger partial charge in [0.1, 0.15) is 0 Å². The second kappa shape index (κ2) is 7.96. The second-order valence-electron chi connectivity index (χ2n) is 6.18. The molecule has 0 fully saturated rings. The van der Waals surface area contributed by atoms with Gasteiger partial charge < -0.3 is 5.32 Å². The predicted molar refractivity (Wildman–Crippen MR) is 106 cm³/mol. The molecule has 0 saturated heterocycles. The van der Waals surface area contributed by atoms with Crippen molar-refractivity contribution in [3.8, 4) is 0 Å². The highest BCUT2D eigenvalue weighted by Gasteiger charge is 2.25. The average Bonchev–Trinajstić information content (AvgIpc) is 2.47. The van der Waals surface area contributed by atoms with E-state index in [1.165, 1.54) is 13.0 Å². The number of hydrogen-bond acceptors (Lipinski definition) is 3. The summed E-state index contributed by atoms with van der Waals surface area (Å²) >= 11 is 11.8. The van der Waals surface area contributed by atoms with Crippen molar-refractivity contribution in [1.82, 2.24) is 4.72 Å². The molecule has 2 aromatic rings. The van der Waals surface area contributed by atoms with Crippen LogP contribution in [0.2, 0.25) is 10.0 Å². The standard InChI is InChI=1S/C18H20Cl2N2O3S/c1-10-7-11(2)17(12(3)8-10)26(24,25)22-13(4)18(23)21-16-6-5-14(19)9-15(16)20/h5-9,13,22H,1-4H3,(H,21,23). The van der Waals surface area contributed by atoms with E-state index >= 15 is 0 Å². The van der Waals surface area contributed by atoms with Crippen molar-refractivity contribution in [2.45, 2.75) is 38.6 Å². The van der Waals surface area contributed by atoms with Crippen molar-refractivity contribution in [3.05, 3.63) is 57.1 Å². The molecule has 1 atom stereocenters. The molecule has 0 radical (unpaired) electrons. The number of carbonyl (C=O) groups excluding carboxylic acids is 1. The van der Waals surface area contributed by atoms with Gasteiger partial charge in [0, 0.05) is 5.02 Å². The number of rotatable bonds is 5. The van der Waals surface area contributed by atoms with Crippen molar-refractivity contribution in [2.24, 2.45) is 0 Å². The normalized spacial score (nSPS) is 12.7. The lowest BCUT2D eigenvalue weighted by Crippen LogP contribution is -2.42. The maximum atomic E-state index is 12.7. The number of carbonyl (C=O) groups is 1. The van der Waals surface area contributed by atoms with E-state index in [1.807, 2.05) is 6.92 Å². The minimum absolute atomic E-state index is 0.187. The minimum atomic E-state index is -3.86. The van der Waals surface area contributed by atoms with Crippen LogP contribution in [0.25, 0.3) is 0 Å². The summed E-state index contributed by atoms with van der Waals surface area (Å²) in [4.78, 5) is 12.5. The minimum Gasteiger partial charge on any atom is -0.323 e. The van der Waals surface area contributed by atoms with Gasteiger partial charge in [0.05, 0.1) is 21.6 Å². The van der Waals surface area contributed by atoms with E-state index in [0.29, 0.717) is 21.8 Å². The smallest absolute Gasteiger partial charge is 0.242 e. The summed E-state index contributed by atoms with van der Waals surface area (Å²) in [6, 6.07) is 7.22. The van der Waals surface area contributed by atoms with Gasteiger partial charge in [-0.25, -0.2) is 8.42 Å². The molecular formula is C18H20Cl2N2O3S. The first kappa shape index (κ1) is 20.7. The van der Waals surface area contributed by atoms with E-state index in [0.717, 1.165) is 5.56 Å². The zero-order chi connectivity index (χ0) is 19.6. The summed E-state index contributed by atoms with van der Waals surface area (Å²) in [5, 5.41) is 3.30. The summed E-state index contributed by atoms with van der Waals surface area (Å²) < 4.78 is 27.9. The zero-order valence-electron chi connectivity index (χ0n) is 14.9. The highest BCUT2D eigenvalue weighted by molar-refractivity contribution is 7.89. The monoisotopic (exact) mass is 414 g/mol. The van der Waals surface area contributed by atoms with E-state index in [9.17, 15) is 13.2 Å². The number of sulfonamides is 1. The van der Waals surface area contributed by atoms with Crippen LogP contribution in [0.15, 0.2) is 35.2 Å². The van der Waals surface area contributed by atoms with Gasteiger partial charge in [0.2, 0.25) is 15.9 Å². The van der Waals surface area contributed by atoms with Crippen LogP contribution in [0.1, 0.15) is 23.6 Å². The number of benzene rings is 2. The lowest BCUT2D eigenvalue weighted by Gasteiger charge is -2.17. The molecule has 2 N–H and O–H groups in total. The third-order valence-electron chi connectivity index (χ3n) is 3.79. The summed E-state index contributed by atoms with van der Waals surface area (Å²) in [6.07, 6.45) is 0. The van der Waals surface area contributed by atoms with Gasteiger partial charge in [-0.15, -0.1) is 0 Å². The molecule has 0 aliphatic carbocycles. The molecule has 0 aliphatic heterocycles. The lowest BCUT2D eigenvalue weighted by atomic mass is 10.1. The van der Waals surface area contributed by atoms with Gasteiger partial charge in [0.25, 0.3) is 0 Å². The van der Waals surface area contributed by atoms with E-state index in [-0.39, 0.29) is 9.92 Å². The Bertz CT molecular complexity index is 936. The van der Waals surface area contributed by atoms with Gasteiger partial charge in [0.15, 0.2) is 0 Å². The number of hydrogen-bond donors (Lipinski definition) is 2. The maximum absolute atomic E-state index is 12.7. The quantitative estimate of drug-likeness (QED) is 0.768. The summed E-state index contributed by atoms with van der Waals surface area (Å²) in [5.74, 6) is -0.528. The summed E-state index contributed by atoms with van der Waals surface area (Å²) in [5.41, 5.74) is 2.59. The van der Waals surface area contributed by atoms with Crippen molar-refractivity contribution in [2.75, 3.05) is 5.32 Å². The van der Waals surface area contributed by atoms with E-state index in [4.69, 9.17) is 23.2 Å². The highest BCUT2D eigenvalue weighted by atomic mass is 35.5. The van der Waals surface area contributed by atoms with Crippen LogP contribution in [0, 0.1) is 20.8 Å². The molecule has 0 aromatic heterocycles. The first-order valence-corrected chi connectivity index (χ1v) is 10.1. The Kier molecular flexibility index (Phi) is 6.34. The van der Waals surface area contributed by atoms with E-state index in [1.54, 1.807) is 38.1 Å². The zero-order valence-corrected chi connectivity index (χ0v) is 17.2. The SMILES string of the molecule is Cc1cc(C)c(S(=O)(=O)NC(C)C(=O)Nc2ccc(Cl)cc2Cl)c(C)c1. The third-order valence-corrected chi connectivity index (χ3v) is 6.18. The lowest BCUT2D eigenvalue weighted by molar-refractivity contribution is -0.117. The maximum Gasteiger partial charge on any atom is 0.242 e. The summed E-state index contributed by atoms with van der Waals surface area (Å²) in [7, 11) is -3.86. The van der Waals surface area contributed by atoms with Gasteiger partial charge >= 0.3 is 0 Å². The number of nitrogens with one attached hydrogen (secondary N) is 2. The van der Waals surface area contributed by atoms with Crippen molar-refractivity contribution >= 4 is 44.8 Å². The van der Waals surface area contributed by atoms with Crippen LogP contribution >= 0.6 is 23.2 Å². The first-order valence-electron chi connectivity index (χ1n) is 7.87. The van der Waals surface area contributed by atoms with Crippen LogP contribution < -0.4 is 10.0 Å². The van der Waals surface area contributed by atoms with Crippen LogP contribution in [0.5, 0.6) is 0 Å². The van der Waals surface area contributed by atoms with E-state index < -0.39 is 22.0 Å². The van der Waals surface area contributed by atoms with Gasteiger partial charge in [-0.2, -0.15) is 4.72 Å². The Balaban J connectivity index is 2.20. The molecule has 5 nitrogen and oxygen atoms in total. The van der Waals surface area contributed by atoms with Crippen LogP contribution in [0.4, 0.5) is 5.69 Å². The average molecular weight is 415 g/mol. The summed E-state index contributed by atoms with van der Waals surface area (Å²) in [6.45, 7) is 6.82. The number of amides is 1. The molecular weight excluding hydrogens is 395 g/mol. The molecule has 2 aromatic carbocycles. The second-order valence-corrected chi connectivity index (χ2v) is 8.68. The van der Waals surface area contributed by atoms with Crippen molar-refractivity contribution in [1.29, 1.82) is 0 Å². The molecule has 2 rings (SSSR count).